The van der Waals surface area contributed by atoms with Crippen LogP contribution < -0.4 is 0 Å². The van der Waals surface area contributed by atoms with E-state index >= 15 is 0 Å². The highest BCUT2D eigenvalue weighted by Gasteiger charge is 2.34. The Morgan fingerprint density at radius 1 is 0.120 bits per heavy atom. The monoisotopic (exact) mass is 1260 g/mol. The molecule has 24 aromatic carbocycles. The summed E-state index contributed by atoms with van der Waals surface area (Å²) in [5, 5.41) is 52.9. The quantitative estimate of drug-likeness (QED) is 0.122. The van der Waals surface area contributed by atoms with Crippen molar-refractivity contribution in [1.82, 2.24) is 0 Å². The predicted octanol–water partition coefficient (Wildman–Crippen LogP) is 28.7. The van der Waals surface area contributed by atoms with Crippen LogP contribution in [0.25, 0.3) is 249 Å². The lowest BCUT2D eigenvalue weighted by molar-refractivity contribution is 1.55. The fraction of sp³-hybridized carbons (Fsp3) is 0.0400. The van der Waals surface area contributed by atoms with Crippen LogP contribution in [0, 0.1) is 27.7 Å². The summed E-state index contributed by atoms with van der Waals surface area (Å²) in [6.45, 7) is 9.37. The van der Waals surface area contributed by atoms with Crippen molar-refractivity contribution >= 4 is 215 Å². The molecule has 0 aliphatic rings. The molecule has 100 heavy (non-hydrogen) atoms. The maximum Gasteiger partial charge on any atom is -0.0000600 e. The fourth-order valence-corrected chi connectivity index (χ4v) is 20.8. The van der Waals surface area contributed by atoms with Crippen LogP contribution in [0.3, 0.4) is 0 Å². The molecule has 24 aromatic rings. The van der Waals surface area contributed by atoms with Gasteiger partial charge in [0.05, 0.1) is 0 Å². The summed E-state index contributed by atoms with van der Waals surface area (Å²) < 4.78 is 0. The number of hydrogen-bond donors (Lipinski definition) is 0. The van der Waals surface area contributed by atoms with Gasteiger partial charge in [-0.25, -0.2) is 0 Å². The molecular formula is C100H58. The first-order valence-corrected chi connectivity index (χ1v) is 35.5. The number of fused-ring (bicyclic) bond motifs is 28. The third kappa shape index (κ3) is 6.30. The Balaban J connectivity index is 0.873. The van der Waals surface area contributed by atoms with Crippen LogP contribution in [-0.2, 0) is 0 Å². The van der Waals surface area contributed by atoms with Crippen molar-refractivity contribution in [3.63, 3.8) is 0 Å². The van der Waals surface area contributed by atoms with E-state index in [2.05, 4.69) is 307 Å². The number of benzene rings is 20. The normalized spacial score (nSPS) is 12.8. The smallest absolute Gasteiger partial charge is 0.0000600 e. The van der Waals surface area contributed by atoms with Crippen LogP contribution in [0.15, 0.2) is 279 Å². The van der Waals surface area contributed by atoms with Crippen molar-refractivity contribution in [3.8, 4) is 33.4 Å². The molecule has 0 saturated heterocycles. The zero-order valence-electron chi connectivity index (χ0n) is 55.6. The Morgan fingerprint density at radius 3 is 0.640 bits per heavy atom. The third-order valence-electron chi connectivity index (χ3n) is 24.4. The lowest BCUT2D eigenvalue weighted by Crippen LogP contribution is -1.97. The molecule has 0 aliphatic carbocycles. The molecule has 0 bridgehead atoms. The van der Waals surface area contributed by atoms with Gasteiger partial charge in [-0.3, -0.25) is 0 Å². The van der Waals surface area contributed by atoms with Gasteiger partial charge in [0, 0.05) is 0 Å². The van der Waals surface area contributed by atoms with Crippen LogP contribution in [0.5, 0.6) is 0 Å². The SMILES string of the molecule is Cc1cccc2cc3c4ccccc4c4c3c(c12)c1c2ccccc2c2c(-c3c5ccccc5c(-c5c6ccccc6c(-c6c7cccc(C)c7c7c8c9ccccc9c9cc%10cccc(C)c%10c(c98)c8c9ccccc9c6c87)c6ccccc56)c5ccccc35)c3cccc(C)c3c4c21. The largest absolute Gasteiger partial charge is 0.0616 e. The summed E-state index contributed by atoms with van der Waals surface area (Å²) in [5.74, 6) is 0. The van der Waals surface area contributed by atoms with E-state index in [1.807, 2.05) is 0 Å². The second-order valence-electron chi connectivity index (χ2n) is 29.1. The van der Waals surface area contributed by atoms with Crippen LogP contribution >= 0.6 is 0 Å². The van der Waals surface area contributed by atoms with Crippen molar-refractivity contribution < 1.29 is 0 Å². The molecule has 0 fully saturated rings. The minimum Gasteiger partial charge on any atom is -0.0616 e. The fourth-order valence-electron chi connectivity index (χ4n) is 20.8. The van der Waals surface area contributed by atoms with Gasteiger partial charge in [-0.05, 0) is 311 Å². The first-order chi connectivity index (χ1) is 49.4. The first kappa shape index (κ1) is 53.6. The van der Waals surface area contributed by atoms with Gasteiger partial charge in [-0.1, -0.05) is 267 Å². The highest BCUT2D eigenvalue weighted by Crippen LogP contribution is 2.62. The average molecular weight is 1260 g/mol. The standard InChI is InChI=1S/C100H58/c1-51-25-21-29-55-49-75-57-31-5-7-33-59(57)85-93(75)95(77(51)55)89-71-45-19-17-43-69(71)87-91(73-47-23-27-53(3)79(73)97(85)99(87)89)83-65-39-13-9-35-61(65)81(62-36-10-14-40-66(62)83)82-63-37-11-15-41-67(63)84(68-42-16-12-38-64(68)82)92-74-48-24-28-54(4)80(74)98-86-60-34-8-6-32-58(60)76-50-56-30-22-26-52(2)78(56)96(94(76)86)90-72-46-20-18-44-70(72)88(92)100(90)98/h5-50H,1-4H3. The Hall–Kier alpha value is -12.5. The molecule has 0 amide bonds. The summed E-state index contributed by atoms with van der Waals surface area (Å²) in [6.07, 6.45) is 0. The Morgan fingerprint density at radius 2 is 0.320 bits per heavy atom. The average Bonchev–Trinajstić information content (AvgIpc) is 1.48. The molecule has 0 aliphatic heterocycles. The first-order valence-electron chi connectivity index (χ1n) is 35.5. The Bertz CT molecular complexity index is 7330. The highest BCUT2D eigenvalue weighted by molar-refractivity contribution is 6.58. The van der Waals surface area contributed by atoms with E-state index in [0.717, 1.165) is 0 Å². The van der Waals surface area contributed by atoms with Gasteiger partial charge in [0.15, 0.2) is 0 Å². The minimum atomic E-state index is 1.24. The lowest BCUT2D eigenvalue weighted by Gasteiger charge is -2.24. The summed E-state index contributed by atoms with van der Waals surface area (Å²) in [5.41, 5.74) is 12.9. The van der Waals surface area contributed by atoms with Gasteiger partial charge < -0.3 is 0 Å². The maximum atomic E-state index is 2.49. The van der Waals surface area contributed by atoms with Gasteiger partial charge in [-0.2, -0.15) is 0 Å². The molecule has 0 spiro atoms. The van der Waals surface area contributed by atoms with Crippen molar-refractivity contribution in [1.29, 1.82) is 0 Å². The minimum absolute atomic E-state index is 1.24. The molecule has 0 radical (unpaired) electrons. The van der Waals surface area contributed by atoms with E-state index in [4.69, 9.17) is 0 Å². The topological polar surface area (TPSA) is 0 Å². The van der Waals surface area contributed by atoms with E-state index in [1.165, 1.54) is 271 Å². The zero-order valence-corrected chi connectivity index (χ0v) is 55.6. The van der Waals surface area contributed by atoms with Gasteiger partial charge >= 0.3 is 0 Å². The van der Waals surface area contributed by atoms with Crippen molar-refractivity contribution in [2.24, 2.45) is 0 Å². The summed E-state index contributed by atoms with van der Waals surface area (Å²) >= 11 is 0. The Labute approximate surface area is 574 Å². The summed E-state index contributed by atoms with van der Waals surface area (Å²) in [4.78, 5) is 0. The summed E-state index contributed by atoms with van der Waals surface area (Å²) in [7, 11) is 0. The van der Waals surface area contributed by atoms with Crippen molar-refractivity contribution in [3.05, 3.63) is 301 Å². The maximum absolute atomic E-state index is 2.49. The van der Waals surface area contributed by atoms with E-state index < -0.39 is 0 Å². The number of hydrogen-bond acceptors (Lipinski definition) is 0. The van der Waals surface area contributed by atoms with E-state index in [-0.39, 0.29) is 0 Å². The third-order valence-corrected chi connectivity index (χ3v) is 24.4. The Kier molecular flexibility index (Phi) is 10.1. The highest BCUT2D eigenvalue weighted by atomic mass is 14.4. The predicted molar refractivity (Wildman–Crippen MR) is 437 cm³/mol. The second-order valence-corrected chi connectivity index (χ2v) is 29.1. The van der Waals surface area contributed by atoms with Gasteiger partial charge in [0.1, 0.15) is 0 Å². The molecule has 0 heterocycles. The van der Waals surface area contributed by atoms with Crippen LogP contribution in [0.2, 0.25) is 0 Å². The van der Waals surface area contributed by atoms with E-state index in [9.17, 15) is 0 Å². The second kappa shape index (κ2) is 18.8. The molecule has 0 aromatic heterocycles. The van der Waals surface area contributed by atoms with Crippen LogP contribution in [0.4, 0.5) is 0 Å². The van der Waals surface area contributed by atoms with Crippen molar-refractivity contribution in [2.75, 3.05) is 0 Å². The molecule has 0 nitrogen and oxygen atoms in total. The molecule has 0 atom stereocenters. The van der Waals surface area contributed by atoms with Crippen LogP contribution in [-0.4, -0.2) is 0 Å². The number of rotatable bonds is 3. The molecular weight excluding hydrogens is 1200 g/mol. The molecule has 0 N–H and O–H groups in total. The zero-order chi connectivity index (χ0) is 65.4. The molecule has 458 valence electrons. The van der Waals surface area contributed by atoms with Gasteiger partial charge in [0.2, 0.25) is 0 Å². The molecule has 0 saturated carbocycles. The molecule has 24 rings (SSSR count). The number of aryl methyl sites for hydroxylation is 4. The molecule has 0 unspecified atom stereocenters. The lowest BCUT2D eigenvalue weighted by atomic mass is 9.78. The van der Waals surface area contributed by atoms with Crippen LogP contribution in [0.1, 0.15) is 22.3 Å². The van der Waals surface area contributed by atoms with Gasteiger partial charge in [0.25, 0.3) is 0 Å². The van der Waals surface area contributed by atoms with Gasteiger partial charge in [-0.15, -0.1) is 0 Å². The van der Waals surface area contributed by atoms with Crippen molar-refractivity contribution in [2.45, 2.75) is 27.7 Å². The van der Waals surface area contributed by atoms with E-state index in [0.29, 0.717) is 0 Å². The van der Waals surface area contributed by atoms with E-state index in [1.54, 1.807) is 0 Å². The molecule has 0 heteroatoms. The summed E-state index contributed by atoms with van der Waals surface area (Å²) in [6, 6.07) is 108.